The average molecular weight is 278 g/mol. The third-order valence-corrected chi connectivity index (χ3v) is 3.43. The zero-order chi connectivity index (χ0) is 14.5. The lowest BCUT2D eigenvalue weighted by molar-refractivity contribution is -0.121. The first kappa shape index (κ1) is 14.3. The van der Waals surface area contributed by atoms with Gasteiger partial charge in [0.15, 0.2) is 0 Å². The van der Waals surface area contributed by atoms with E-state index < -0.39 is 5.97 Å². The van der Waals surface area contributed by atoms with E-state index in [-0.39, 0.29) is 17.4 Å². The van der Waals surface area contributed by atoms with Gasteiger partial charge in [0.1, 0.15) is 12.4 Å². The molecule has 3 N–H and O–H groups in total. The topological polar surface area (TPSA) is 92.9 Å². The molecule has 0 bridgehead atoms. The standard InChI is InChI=1S/C14H18N2O4/c15-13(17)11-4-5-16(9-11)6-7-20-12-3-1-2-10(8-12)14(18)19/h1-3,8,11H,4-7,9H2,(H2,15,17)(H,18,19). The Balaban J connectivity index is 1.78. The van der Waals surface area contributed by atoms with Gasteiger partial charge in [-0.3, -0.25) is 9.69 Å². The highest BCUT2D eigenvalue weighted by atomic mass is 16.5. The predicted octanol–water partition coefficient (Wildman–Crippen LogP) is 0.571. The smallest absolute Gasteiger partial charge is 0.335 e. The Labute approximate surface area is 117 Å². The summed E-state index contributed by atoms with van der Waals surface area (Å²) in [6.07, 6.45) is 0.795. The van der Waals surface area contributed by atoms with E-state index in [9.17, 15) is 9.59 Å². The first-order valence-corrected chi connectivity index (χ1v) is 6.54. The van der Waals surface area contributed by atoms with E-state index in [0.29, 0.717) is 25.4 Å². The van der Waals surface area contributed by atoms with Gasteiger partial charge >= 0.3 is 5.97 Å². The van der Waals surface area contributed by atoms with Crippen LogP contribution in [0.2, 0.25) is 0 Å². The molecular formula is C14H18N2O4. The SMILES string of the molecule is NC(=O)C1CCN(CCOc2cccc(C(=O)O)c2)C1. The zero-order valence-electron chi connectivity index (χ0n) is 11.1. The number of aromatic carboxylic acids is 1. The van der Waals surface area contributed by atoms with Crippen LogP contribution in [0, 0.1) is 5.92 Å². The summed E-state index contributed by atoms with van der Waals surface area (Å²) in [5.74, 6) is -0.747. The molecule has 1 aliphatic rings. The van der Waals surface area contributed by atoms with E-state index in [4.69, 9.17) is 15.6 Å². The summed E-state index contributed by atoms with van der Waals surface area (Å²) in [5.41, 5.74) is 5.48. The lowest BCUT2D eigenvalue weighted by Gasteiger charge is -2.15. The van der Waals surface area contributed by atoms with Crippen LogP contribution in [0.3, 0.4) is 0 Å². The Morgan fingerprint density at radius 2 is 2.25 bits per heavy atom. The Morgan fingerprint density at radius 1 is 1.45 bits per heavy atom. The fourth-order valence-corrected chi connectivity index (χ4v) is 2.28. The molecule has 6 nitrogen and oxygen atoms in total. The Bertz CT molecular complexity index is 504. The summed E-state index contributed by atoms with van der Waals surface area (Å²) in [7, 11) is 0. The van der Waals surface area contributed by atoms with Gasteiger partial charge in [0.05, 0.1) is 11.5 Å². The third-order valence-electron chi connectivity index (χ3n) is 3.43. The average Bonchev–Trinajstić information content (AvgIpc) is 2.88. The van der Waals surface area contributed by atoms with Crippen LogP contribution in [0.4, 0.5) is 0 Å². The molecule has 0 aromatic heterocycles. The van der Waals surface area contributed by atoms with Crippen LogP contribution >= 0.6 is 0 Å². The maximum Gasteiger partial charge on any atom is 0.335 e. The van der Waals surface area contributed by atoms with Crippen molar-refractivity contribution in [3.8, 4) is 5.75 Å². The molecule has 0 saturated carbocycles. The number of carbonyl (C=O) groups excluding carboxylic acids is 1. The first-order valence-electron chi connectivity index (χ1n) is 6.54. The van der Waals surface area contributed by atoms with Crippen molar-refractivity contribution in [2.24, 2.45) is 11.7 Å². The Kier molecular flexibility index (Phi) is 4.57. The summed E-state index contributed by atoms with van der Waals surface area (Å²) in [5, 5.41) is 8.88. The summed E-state index contributed by atoms with van der Waals surface area (Å²) < 4.78 is 5.53. The van der Waals surface area contributed by atoms with Crippen LogP contribution in [0.5, 0.6) is 5.75 Å². The van der Waals surface area contributed by atoms with E-state index >= 15 is 0 Å². The molecule has 1 aromatic carbocycles. The van der Waals surface area contributed by atoms with Crippen molar-refractivity contribution < 1.29 is 19.4 Å². The second-order valence-electron chi connectivity index (χ2n) is 4.87. The van der Waals surface area contributed by atoms with Crippen molar-refractivity contribution in [1.29, 1.82) is 0 Å². The van der Waals surface area contributed by atoms with Gasteiger partial charge in [0, 0.05) is 13.1 Å². The van der Waals surface area contributed by atoms with Crippen LogP contribution in [-0.4, -0.2) is 48.1 Å². The molecular weight excluding hydrogens is 260 g/mol. The van der Waals surface area contributed by atoms with Crippen LogP contribution < -0.4 is 10.5 Å². The minimum Gasteiger partial charge on any atom is -0.492 e. The lowest BCUT2D eigenvalue weighted by Crippen LogP contribution is -2.30. The monoisotopic (exact) mass is 278 g/mol. The minimum atomic E-state index is -0.973. The van der Waals surface area contributed by atoms with Crippen LogP contribution in [0.25, 0.3) is 0 Å². The molecule has 0 aliphatic carbocycles. The first-order chi connectivity index (χ1) is 9.56. The number of hydrogen-bond acceptors (Lipinski definition) is 4. The number of carbonyl (C=O) groups is 2. The van der Waals surface area contributed by atoms with Crippen LogP contribution in [0.15, 0.2) is 24.3 Å². The van der Waals surface area contributed by atoms with Gasteiger partial charge in [0.2, 0.25) is 5.91 Å². The number of likely N-dealkylation sites (tertiary alicyclic amines) is 1. The number of rotatable bonds is 6. The summed E-state index contributed by atoms with van der Waals surface area (Å²) >= 11 is 0. The second-order valence-corrected chi connectivity index (χ2v) is 4.87. The molecule has 108 valence electrons. The van der Waals surface area contributed by atoms with E-state index in [0.717, 1.165) is 13.0 Å². The van der Waals surface area contributed by atoms with Crippen molar-refractivity contribution in [2.75, 3.05) is 26.2 Å². The molecule has 1 amide bonds. The number of nitrogens with zero attached hydrogens (tertiary/aromatic N) is 1. The van der Waals surface area contributed by atoms with E-state index in [1.807, 2.05) is 0 Å². The molecule has 1 fully saturated rings. The molecule has 1 atom stereocenters. The van der Waals surface area contributed by atoms with E-state index in [2.05, 4.69) is 4.90 Å². The number of hydrogen-bond donors (Lipinski definition) is 2. The fourth-order valence-electron chi connectivity index (χ4n) is 2.28. The molecule has 0 spiro atoms. The number of primary amides is 1. The Morgan fingerprint density at radius 3 is 2.90 bits per heavy atom. The van der Waals surface area contributed by atoms with E-state index in [1.165, 1.54) is 12.1 Å². The van der Waals surface area contributed by atoms with Crippen LogP contribution in [-0.2, 0) is 4.79 Å². The summed E-state index contributed by atoms with van der Waals surface area (Å²) in [6, 6.07) is 6.39. The van der Waals surface area contributed by atoms with Crippen molar-refractivity contribution in [1.82, 2.24) is 4.90 Å². The van der Waals surface area contributed by atoms with Crippen molar-refractivity contribution in [3.63, 3.8) is 0 Å². The maximum absolute atomic E-state index is 11.1. The molecule has 1 saturated heterocycles. The largest absolute Gasteiger partial charge is 0.492 e. The molecule has 6 heteroatoms. The molecule has 2 rings (SSSR count). The maximum atomic E-state index is 11.1. The van der Waals surface area contributed by atoms with Gasteiger partial charge < -0.3 is 15.6 Å². The van der Waals surface area contributed by atoms with Gasteiger partial charge in [-0.05, 0) is 31.2 Å². The van der Waals surface area contributed by atoms with Crippen molar-refractivity contribution in [3.05, 3.63) is 29.8 Å². The van der Waals surface area contributed by atoms with Gasteiger partial charge in [-0.1, -0.05) is 6.07 Å². The third kappa shape index (κ3) is 3.71. The summed E-state index contributed by atoms with van der Waals surface area (Å²) in [4.78, 5) is 24.0. The number of nitrogens with two attached hydrogens (primary N) is 1. The molecule has 1 unspecified atom stereocenters. The molecule has 0 radical (unpaired) electrons. The number of ether oxygens (including phenoxy) is 1. The highest BCUT2D eigenvalue weighted by Gasteiger charge is 2.26. The fraction of sp³-hybridized carbons (Fsp3) is 0.429. The number of benzene rings is 1. The predicted molar refractivity (Wildman–Crippen MR) is 72.6 cm³/mol. The molecule has 1 aliphatic heterocycles. The van der Waals surface area contributed by atoms with Gasteiger partial charge in [-0.15, -0.1) is 0 Å². The Hall–Kier alpha value is -2.08. The molecule has 20 heavy (non-hydrogen) atoms. The normalized spacial score (nSPS) is 18.9. The molecule has 1 aromatic rings. The molecule has 1 heterocycles. The zero-order valence-corrected chi connectivity index (χ0v) is 11.1. The summed E-state index contributed by atoms with van der Waals surface area (Å²) in [6.45, 7) is 2.66. The van der Waals surface area contributed by atoms with Gasteiger partial charge in [-0.2, -0.15) is 0 Å². The quantitative estimate of drug-likeness (QED) is 0.793. The van der Waals surface area contributed by atoms with Gasteiger partial charge in [-0.25, -0.2) is 4.79 Å². The minimum absolute atomic E-state index is 0.0645. The number of carboxylic acids is 1. The number of amides is 1. The second kappa shape index (κ2) is 6.38. The highest BCUT2D eigenvalue weighted by Crippen LogP contribution is 2.16. The lowest BCUT2D eigenvalue weighted by atomic mass is 10.1. The van der Waals surface area contributed by atoms with Crippen LogP contribution in [0.1, 0.15) is 16.8 Å². The van der Waals surface area contributed by atoms with Crippen molar-refractivity contribution >= 4 is 11.9 Å². The van der Waals surface area contributed by atoms with Crippen molar-refractivity contribution in [2.45, 2.75) is 6.42 Å². The van der Waals surface area contributed by atoms with E-state index in [1.54, 1.807) is 12.1 Å². The van der Waals surface area contributed by atoms with Gasteiger partial charge in [0.25, 0.3) is 0 Å². The number of carboxylic acid groups (broad SMARTS) is 1. The highest BCUT2D eigenvalue weighted by molar-refractivity contribution is 5.88.